The molecule has 0 spiro atoms. The second-order valence-corrected chi connectivity index (χ2v) is 11.7. The van der Waals surface area contributed by atoms with Gasteiger partial charge in [-0.1, -0.05) is 60.1 Å². The number of halogens is 1. The molecule has 41 heavy (non-hydrogen) atoms. The third-order valence-electron chi connectivity index (χ3n) is 6.24. The van der Waals surface area contributed by atoms with Gasteiger partial charge in [0.2, 0.25) is 5.91 Å². The second-order valence-electron chi connectivity index (χ2n) is 9.35. The number of nitrogens with zero attached hydrogens (tertiary/aromatic N) is 2. The highest BCUT2D eigenvalue weighted by Crippen LogP contribution is 2.31. The maximum Gasteiger partial charge on any atom is 0.271 e. The molecule has 210 valence electrons. The number of nitrogens with one attached hydrogen (secondary N) is 2. The largest absolute Gasteiger partial charge is 0.326 e. The maximum absolute atomic E-state index is 13.7. The predicted molar refractivity (Wildman–Crippen MR) is 163 cm³/mol. The predicted octanol–water partition coefficient (Wildman–Crippen LogP) is 6.16. The first-order chi connectivity index (χ1) is 19.5. The van der Waals surface area contributed by atoms with Gasteiger partial charge in [0.15, 0.2) is 0 Å². The number of sulfonamides is 1. The molecule has 0 atom stereocenters. The standard InChI is InChI=1S/C31H29ClN4O4S/c1-21-12-17-27(32)19-30(21)36(41(39,40)29-10-5-4-6-11-29)20-24-13-15-25(16-14-24)31(38)35-34-22(2)26-8-7-9-28(18-26)33-23(3)37/h4-19H,20H2,1-3H3,(H,33,37)(H,35,38)/b34-22-. The molecular formula is C31H29ClN4O4S. The van der Waals surface area contributed by atoms with E-state index < -0.39 is 15.9 Å². The highest BCUT2D eigenvalue weighted by molar-refractivity contribution is 7.92. The van der Waals surface area contributed by atoms with E-state index in [0.717, 1.165) is 11.1 Å². The van der Waals surface area contributed by atoms with Gasteiger partial charge >= 0.3 is 0 Å². The monoisotopic (exact) mass is 588 g/mol. The third-order valence-corrected chi connectivity index (χ3v) is 8.25. The Kier molecular flexibility index (Phi) is 9.21. The highest BCUT2D eigenvalue weighted by atomic mass is 35.5. The average molecular weight is 589 g/mol. The molecule has 0 heterocycles. The highest BCUT2D eigenvalue weighted by Gasteiger charge is 2.26. The number of aryl methyl sites for hydroxylation is 1. The Balaban J connectivity index is 1.54. The summed E-state index contributed by atoms with van der Waals surface area (Å²) in [7, 11) is -3.92. The van der Waals surface area contributed by atoms with Gasteiger partial charge in [0.25, 0.3) is 15.9 Å². The minimum Gasteiger partial charge on any atom is -0.326 e. The molecule has 0 fully saturated rings. The Labute approximate surface area is 244 Å². The molecule has 10 heteroatoms. The van der Waals surface area contributed by atoms with Crippen LogP contribution in [-0.2, 0) is 21.4 Å². The first-order valence-electron chi connectivity index (χ1n) is 12.7. The maximum atomic E-state index is 13.7. The van der Waals surface area contributed by atoms with E-state index in [1.165, 1.54) is 11.2 Å². The summed E-state index contributed by atoms with van der Waals surface area (Å²) in [5.41, 5.74) is 6.72. The molecule has 2 N–H and O–H groups in total. The van der Waals surface area contributed by atoms with Crippen LogP contribution in [0.5, 0.6) is 0 Å². The third kappa shape index (κ3) is 7.39. The quantitative estimate of drug-likeness (QED) is 0.180. The zero-order chi connectivity index (χ0) is 29.6. The van der Waals surface area contributed by atoms with Crippen molar-refractivity contribution in [3.8, 4) is 0 Å². The number of benzene rings is 4. The lowest BCUT2D eigenvalue weighted by molar-refractivity contribution is -0.114. The van der Waals surface area contributed by atoms with Crippen molar-refractivity contribution in [2.24, 2.45) is 5.10 Å². The molecule has 0 aliphatic heterocycles. The van der Waals surface area contributed by atoms with Crippen molar-refractivity contribution in [2.45, 2.75) is 32.2 Å². The molecule has 4 aromatic carbocycles. The fourth-order valence-electron chi connectivity index (χ4n) is 4.09. The zero-order valence-corrected chi connectivity index (χ0v) is 24.3. The van der Waals surface area contributed by atoms with E-state index in [1.807, 2.05) is 13.0 Å². The van der Waals surface area contributed by atoms with Crippen molar-refractivity contribution < 1.29 is 18.0 Å². The summed E-state index contributed by atoms with van der Waals surface area (Å²) in [5.74, 6) is -0.606. The van der Waals surface area contributed by atoms with E-state index in [9.17, 15) is 18.0 Å². The summed E-state index contributed by atoms with van der Waals surface area (Å²) in [6.07, 6.45) is 0. The second kappa shape index (κ2) is 12.8. The molecule has 4 aromatic rings. The summed E-state index contributed by atoms with van der Waals surface area (Å²) >= 11 is 6.24. The molecule has 0 saturated carbocycles. The molecule has 4 rings (SSSR count). The lowest BCUT2D eigenvalue weighted by Gasteiger charge is -2.26. The van der Waals surface area contributed by atoms with Gasteiger partial charge in [-0.3, -0.25) is 13.9 Å². The zero-order valence-electron chi connectivity index (χ0n) is 22.8. The van der Waals surface area contributed by atoms with Crippen LogP contribution in [0, 0.1) is 6.92 Å². The number of hydrogen-bond donors (Lipinski definition) is 2. The lowest BCUT2D eigenvalue weighted by Crippen LogP contribution is -2.31. The van der Waals surface area contributed by atoms with Gasteiger partial charge in [-0.05, 0) is 79.1 Å². The number of anilines is 2. The number of hydrazone groups is 1. The molecule has 0 bridgehead atoms. The van der Waals surface area contributed by atoms with Gasteiger partial charge in [0.05, 0.1) is 22.8 Å². The SMILES string of the molecule is CC(=O)Nc1cccc(/C(C)=N\NC(=O)c2ccc(CN(c3cc(Cl)ccc3C)S(=O)(=O)c3ccccc3)cc2)c1. The van der Waals surface area contributed by atoms with Crippen LogP contribution in [0.3, 0.4) is 0 Å². The molecule has 2 amide bonds. The van der Waals surface area contributed by atoms with Crippen LogP contribution in [0.25, 0.3) is 0 Å². The molecule has 8 nitrogen and oxygen atoms in total. The van der Waals surface area contributed by atoms with Crippen molar-refractivity contribution in [3.63, 3.8) is 0 Å². The van der Waals surface area contributed by atoms with Crippen LogP contribution in [-0.4, -0.2) is 25.9 Å². The Morgan fingerprint density at radius 1 is 0.854 bits per heavy atom. The number of rotatable bonds is 9. The van der Waals surface area contributed by atoms with Crippen molar-refractivity contribution in [3.05, 3.63) is 124 Å². The van der Waals surface area contributed by atoms with Crippen molar-refractivity contribution in [1.82, 2.24) is 5.43 Å². The van der Waals surface area contributed by atoms with Gasteiger partial charge < -0.3 is 5.32 Å². The smallest absolute Gasteiger partial charge is 0.271 e. The van der Waals surface area contributed by atoms with Crippen LogP contribution in [0.15, 0.2) is 107 Å². The Morgan fingerprint density at radius 2 is 1.56 bits per heavy atom. The van der Waals surface area contributed by atoms with E-state index in [2.05, 4.69) is 15.8 Å². The van der Waals surface area contributed by atoms with Crippen LogP contribution < -0.4 is 15.0 Å². The molecular weight excluding hydrogens is 560 g/mol. The van der Waals surface area contributed by atoms with Crippen LogP contribution >= 0.6 is 11.6 Å². The Morgan fingerprint density at radius 3 is 2.24 bits per heavy atom. The van der Waals surface area contributed by atoms with Crippen molar-refractivity contribution >= 4 is 50.5 Å². The summed E-state index contributed by atoms with van der Waals surface area (Å²) < 4.78 is 28.7. The van der Waals surface area contributed by atoms with Gasteiger partial charge in [-0.2, -0.15) is 5.10 Å². The molecule has 0 unspecified atom stereocenters. The first-order valence-corrected chi connectivity index (χ1v) is 14.5. The molecule has 0 radical (unpaired) electrons. The fraction of sp³-hybridized carbons (Fsp3) is 0.129. The molecule has 0 aliphatic rings. The van der Waals surface area contributed by atoms with Crippen molar-refractivity contribution in [2.75, 3.05) is 9.62 Å². The van der Waals surface area contributed by atoms with Crippen LogP contribution in [0.1, 0.15) is 40.9 Å². The summed E-state index contributed by atoms with van der Waals surface area (Å²) in [6, 6.07) is 27.1. The Bertz CT molecular complexity index is 1710. The lowest BCUT2D eigenvalue weighted by atomic mass is 10.1. The van der Waals surface area contributed by atoms with E-state index in [-0.39, 0.29) is 17.3 Å². The summed E-state index contributed by atoms with van der Waals surface area (Å²) in [4.78, 5) is 24.3. The van der Waals surface area contributed by atoms with Gasteiger partial charge in [0.1, 0.15) is 0 Å². The van der Waals surface area contributed by atoms with Crippen molar-refractivity contribution in [1.29, 1.82) is 0 Å². The van der Waals surface area contributed by atoms with Gasteiger partial charge in [0, 0.05) is 23.2 Å². The topological polar surface area (TPSA) is 108 Å². The number of carbonyl (C=O) groups is 2. The normalized spacial score (nSPS) is 11.6. The van der Waals surface area contributed by atoms with Gasteiger partial charge in [-0.15, -0.1) is 0 Å². The van der Waals surface area contributed by atoms with Gasteiger partial charge in [-0.25, -0.2) is 13.8 Å². The van der Waals surface area contributed by atoms with Crippen LogP contribution in [0.4, 0.5) is 11.4 Å². The number of carbonyl (C=O) groups excluding carboxylic acids is 2. The van der Waals surface area contributed by atoms with E-state index in [0.29, 0.717) is 33.2 Å². The minimum absolute atomic E-state index is 0.0300. The summed E-state index contributed by atoms with van der Waals surface area (Å²) in [5, 5.41) is 7.32. The molecule has 0 aliphatic carbocycles. The van der Waals surface area contributed by atoms with E-state index in [4.69, 9.17) is 11.6 Å². The number of amides is 2. The molecule has 0 saturated heterocycles. The van der Waals surface area contributed by atoms with E-state index >= 15 is 0 Å². The fourth-order valence-corrected chi connectivity index (χ4v) is 5.78. The first kappa shape index (κ1) is 29.5. The van der Waals surface area contributed by atoms with E-state index in [1.54, 1.807) is 97.9 Å². The molecule has 0 aromatic heterocycles. The Hall–Kier alpha value is -4.47. The minimum atomic E-state index is -3.92. The summed E-state index contributed by atoms with van der Waals surface area (Å²) in [6.45, 7) is 5.03. The average Bonchev–Trinajstić information content (AvgIpc) is 2.96. The number of hydrogen-bond acceptors (Lipinski definition) is 5. The van der Waals surface area contributed by atoms with Crippen LogP contribution in [0.2, 0.25) is 5.02 Å².